The third kappa shape index (κ3) is 4.08. The lowest BCUT2D eigenvalue weighted by molar-refractivity contribution is 0.102. The maximum absolute atomic E-state index is 12.9. The van der Waals surface area contributed by atoms with Crippen LogP contribution in [0.3, 0.4) is 0 Å². The second kappa shape index (κ2) is 8.59. The Morgan fingerprint density at radius 1 is 1.03 bits per heavy atom. The highest BCUT2D eigenvalue weighted by molar-refractivity contribution is 7.89. The van der Waals surface area contributed by atoms with E-state index in [9.17, 15) is 13.2 Å². The molecular weight excluding hydrogens is 466 g/mol. The van der Waals surface area contributed by atoms with Crippen LogP contribution in [-0.2, 0) is 22.9 Å². The zero-order valence-electron chi connectivity index (χ0n) is 17.3. The molecule has 1 aliphatic carbocycles. The van der Waals surface area contributed by atoms with Crippen molar-refractivity contribution in [3.63, 3.8) is 0 Å². The monoisotopic (exact) mass is 487 g/mol. The molecule has 0 spiro atoms. The van der Waals surface area contributed by atoms with Gasteiger partial charge in [0.25, 0.3) is 5.91 Å². The zero-order chi connectivity index (χ0) is 22.3. The third-order valence-corrected chi connectivity index (χ3v) is 8.99. The summed E-state index contributed by atoms with van der Waals surface area (Å²) in [6, 6.07) is 10.6. The van der Waals surface area contributed by atoms with Crippen LogP contribution in [0.5, 0.6) is 0 Å². The number of nitrogens with zero attached hydrogens (tertiary/aromatic N) is 2. The average Bonchev–Trinajstić information content (AvgIpc) is 3.54. The summed E-state index contributed by atoms with van der Waals surface area (Å²) in [4.78, 5) is 17.5. The van der Waals surface area contributed by atoms with E-state index in [-0.39, 0.29) is 15.5 Å². The van der Waals surface area contributed by atoms with Gasteiger partial charge in [0.1, 0.15) is 0 Å². The van der Waals surface area contributed by atoms with Crippen molar-refractivity contribution in [3.8, 4) is 11.3 Å². The summed E-state index contributed by atoms with van der Waals surface area (Å²) in [6.45, 7) is 0.994. The molecule has 0 bridgehead atoms. The highest BCUT2D eigenvalue weighted by Gasteiger charge is 2.28. The number of hydrogen-bond acceptors (Lipinski definition) is 5. The van der Waals surface area contributed by atoms with Gasteiger partial charge in [0.2, 0.25) is 10.0 Å². The van der Waals surface area contributed by atoms with Crippen LogP contribution in [0.2, 0.25) is 5.02 Å². The van der Waals surface area contributed by atoms with Gasteiger partial charge in [-0.25, -0.2) is 13.4 Å². The van der Waals surface area contributed by atoms with E-state index < -0.39 is 15.9 Å². The molecule has 0 radical (unpaired) electrons. The highest BCUT2D eigenvalue weighted by Crippen LogP contribution is 2.31. The molecule has 0 atom stereocenters. The fourth-order valence-electron chi connectivity index (χ4n) is 4.28. The Kier molecular flexibility index (Phi) is 5.79. The van der Waals surface area contributed by atoms with Crippen molar-refractivity contribution < 1.29 is 13.2 Å². The summed E-state index contributed by atoms with van der Waals surface area (Å²) >= 11 is 7.56. The number of amides is 1. The van der Waals surface area contributed by atoms with Gasteiger partial charge < -0.3 is 0 Å². The first-order chi connectivity index (χ1) is 15.4. The third-order valence-electron chi connectivity index (χ3n) is 6.00. The first kappa shape index (κ1) is 21.6. The zero-order valence-corrected chi connectivity index (χ0v) is 19.7. The normalized spacial score (nSPS) is 16.3. The van der Waals surface area contributed by atoms with Crippen LogP contribution in [0, 0.1) is 0 Å². The number of hydrogen-bond donors (Lipinski definition) is 1. The molecule has 2 aromatic carbocycles. The van der Waals surface area contributed by atoms with Crippen molar-refractivity contribution >= 4 is 44.0 Å². The van der Waals surface area contributed by atoms with Crippen LogP contribution in [0.15, 0.2) is 46.7 Å². The fraction of sp³-hybridized carbons (Fsp3) is 0.304. The van der Waals surface area contributed by atoms with E-state index in [2.05, 4.69) is 28.5 Å². The number of sulfonamides is 1. The van der Waals surface area contributed by atoms with E-state index in [1.165, 1.54) is 51.4 Å². The van der Waals surface area contributed by atoms with Crippen LogP contribution in [0.25, 0.3) is 11.3 Å². The van der Waals surface area contributed by atoms with Crippen molar-refractivity contribution in [1.82, 2.24) is 9.29 Å². The Morgan fingerprint density at radius 3 is 2.62 bits per heavy atom. The van der Waals surface area contributed by atoms with E-state index in [0.717, 1.165) is 36.9 Å². The summed E-state index contributed by atoms with van der Waals surface area (Å²) in [5, 5.41) is 5.30. The highest BCUT2D eigenvalue weighted by atomic mass is 35.5. The molecule has 1 saturated heterocycles. The summed E-state index contributed by atoms with van der Waals surface area (Å²) in [6.07, 6.45) is 5.09. The summed E-state index contributed by atoms with van der Waals surface area (Å²) < 4.78 is 27.2. The molecule has 2 aliphatic rings. The SMILES string of the molecule is O=C(Nc1nc(-c2ccc3c(c2)CCC3)cs1)c1cc(S(=O)(=O)N2CCCC2)ccc1Cl. The topological polar surface area (TPSA) is 79.4 Å². The van der Waals surface area contributed by atoms with Crippen LogP contribution in [0.4, 0.5) is 5.13 Å². The van der Waals surface area contributed by atoms with Crippen molar-refractivity contribution in [2.75, 3.05) is 18.4 Å². The largest absolute Gasteiger partial charge is 0.298 e. The molecule has 9 heteroatoms. The molecule has 1 aliphatic heterocycles. The van der Waals surface area contributed by atoms with E-state index >= 15 is 0 Å². The van der Waals surface area contributed by atoms with Gasteiger partial charge in [0.15, 0.2) is 5.13 Å². The lowest BCUT2D eigenvalue weighted by Crippen LogP contribution is -2.28. The summed E-state index contributed by atoms with van der Waals surface area (Å²) in [5.41, 5.74) is 4.71. The van der Waals surface area contributed by atoms with Crippen molar-refractivity contribution in [1.29, 1.82) is 0 Å². The second-order valence-corrected chi connectivity index (χ2v) is 11.3. The molecule has 6 nitrogen and oxygen atoms in total. The molecule has 166 valence electrons. The number of aryl methyl sites for hydroxylation is 2. The first-order valence-electron chi connectivity index (χ1n) is 10.6. The number of carbonyl (C=O) groups is 1. The molecule has 3 aromatic rings. The number of halogens is 1. The molecule has 5 rings (SSSR count). The number of rotatable bonds is 5. The van der Waals surface area contributed by atoms with E-state index in [0.29, 0.717) is 18.2 Å². The molecular formula is C23H22ClN3O3S2. The lowest BCUT2D eigenvalue weighted by atomic mass is 10.1. The minimum Gasteiger partial charge on any atom is -0.298 e. The maximum Gasteiger partial charge on any atom is 0.259 e. The number of aromatic nitrogens is 1. The van der Waals surface area contributed by atoms with Crippen molar-refractivity contribution in [2.45, 2.75) is 37.0 Å². The van der Waals surface area contributed by atoms with Gasteiger partial charge in [-0.15, -0.1) is 11.3 Å². The number of thiazole rings is 1. The molecule has 32 heavy (non-hydrogen) atoms. The van der Waals surface area contributed by atoms with Gasteiger partial charge >= 0.3 is 0 Å². The Balaban J connectivity index is 1.36. The molecule has 2 heterocycles. The Bertz CT molecular complexity index is 1300. The summed E-state index contributed by atoms with van der Waals surface area (Å²) in [5.74, 6) is -0.483. The van der Waals surface area contributed by atoms with E-state index in [1.807, 2.05) is 5.38 Å². The molecule has 1 N–H and O–H groups in total. The van der Waals surface area contributed by atoms with Crippen molar-refractivity contribution in [3.05, 3.63) is 63.5 Å². The van der Waals surface area contributed by atoms with Gasteiger partial charge in [-0.1, -0.05) is 23.7 Å². The smallest absolute Gasteiger partial charge is 0.259 e. The number of nitrogens with one attached hydrogen (secondary N) is 1. The lowest BCUT2D eigenvalue weighted by Gasteiger charge is -2.16. The first-order valence-corrected chi connectivity index (χ1v) is 13.3. The Hall–Kier alpha value is -2.26. The number of carbonyl (C=O) groups excluding carboxylic acids is 1. The van der Waals surface area contributed by atoms with Gasteiger partial charge in [-0.3, -0.25) is 10.1 Å². The van der Waals surface area contributed by atoms with Gasteiger partial charge in [-0.05, 0) is 67.5 Å². The summed E-state index contributed by atoms with van der Waals surface area (Å²) in [7, 11) is -3.64. The van der Waals surface area contributed by atoms with Crippen LogP contribution < -0.4 is 5.32 Å². The molecule has 0 unspecified atom stereocenters. The maximum atomic E-state index is 12.9. The molecule has 0 saturated carbocycles. The average molecular weight is 488 g/mol. The second-order valence-electron chi connectivity index (χ2n) is 8.08. The molecule has 1 fully saturated rings. The quantitative estimate of drug-likeness (QED) is 0.550. The van der Waals surface area contributed by atoms with Crippen molar-refractivity contribution in [2.24, 2.45) is 0 Å². The number of anilines is 1. The minimum atomic E-state index is -3.64. The predicted octanol–water partition coefficient (Wildman–Crippen LogP) is 4.99. The van der Waals surface area contributed by atoms with E-state index in [1.54, 1.807) is 0 Å². The van der Waals surface area contributed by atoms with Gasteiger partial charge in [0, 0.05) is 24.0 Å². The fourth-order valence-corrected chi connectivity index (χ4v) is 6.74. The standard InChI is InChI=1S/C23H22ClN3O3S2/c24-20-9-8-18(32(29,30)27-10-1-2-11-27)13-19(20)22(28)26-23-25-21(14-31-23)17-7-6-15-4-3-5-16(15)12-17/h6-9,12-14H,1-5,10-11H2,(H,25,26,28). The predicted molar refractivity (Wildman–Crippen MR) is 127 cm³/mol. The van der Waals surface area contributed by atoms with Crippen LogP contribution in [0.1, 0.15) is 40.7 Å². The number of fused-ring (bicyclic) bond motifs is 1. The van der Waals surface area contributed by atoms with Gasteiger partial charge in [-0.2, -0.15) is 4.31 Å². The van der Waals surface area contributed by atoms with E-state index in [4.69, 9.17) is 11.6 Å². The van der Waals surface area contributed by atoms with Crippen LogP contribution >= 0.6 is 22.9 Å². The minimum absolute atomic E-state index is 0.0759. The molecule has 1 aromatic heterocycles. The number of benzene rings is 2. The Morgan fingerprint density at radius 2 is 1.81 bits per heavy atom. The van der Waals surface area contributed by atoms with Gasteiger partial charge in [0.05, 0.1) is 21.2 Å². The van der Waals surface area contributed by atoms with Crippen LogP contribution in [-0.4, -0.2) is 36.7 Å². The Labute approximate surface area is 196 Å². The molecule has 1 amide bonds.